The van der Waals surface area contributed by atoms with Gasteiger partial charge in [0.25, 0.3) is 5.91 Å². The largest absolute Gasteiger partial charge is 0.452 e. The van der Waals surface area contributed by atoms with Crippen molar-refractivity contribution < 1.29 is 19.1 Å². The van der Waals surface area contributed by atoms with E-state index in [-0.39, 0.29) is 6.10 Å². The number of ether oxygens (including phenoxy) is 2. The fourth-order valence-corrected chi connectivity index (χ4v) is 4.54. The molecule has 1 fully saturated rings. The number of halogens is 1. The zero-order valence-corrected chi connectivity index (χ0v) is 18.6. The highest BCUT2D eigenvalue weighted by Gasteiger charge is 2.19. The average Bonchev–Trinajstić information content (AvgIpc) is 3.51. The van der Waals surface area contributed by atoms with E-state index in [4.69, 9.17) is 21.1 Å². The van der Waals surface area contributed by atoms with Crippen molar-refractivity contribution in [3.63, 3.8) is 0 Å². The summed E-state index contributed by atoms with van der Waals surface area (Å²) in [5, 5.41) is 7.22. The molecule has 1 amide bonds. The summed E-state index contributed by atoms with van der Waals surface area (Å²) >= 11 is 7.63. The number of thioether (sulfide) groups is 1. The number of rotatable bonds is 8. The number of carbonyl (C=O) groups excluding carboxylic acids is 2. The minimum Gasteiger partial charge on any atom is -0.452 e. The Kier molecular flexibility index (Phi) is 7.41. The van der Waals surface area contributed by atoms with Crippen LogP contribution in [0.3, 0.4) is 0 Å². The Labute approximate surface area is 194 Å². The predicted molar refractivity (Wildman–Crippen MR) is 121 cm³/mol. The van der Waals surface area contributed by atoms with Crippen LogP contribution in [0.25, 0.3) is 5.69 Å². The number of nitrogens with zero attached hydrogens (tertiary/aromatic N) is 3. The van der Waals surface area contributed by atoms with E-state index in [0.717, 1.165) is 30.1 Å². The summed E-state index contributed by atoms with van der Waals surface area (Å²) in [6, 6.07) is 12.2. The van der Waals surface area contributed by atoms with Crippen LogP contribution in [0.15, 0.2) is 60.0 Å². The SMILES string of the molecule is O=C(COC(=O)c1ccccc1SCC1CCCO1)Nc1cc(Cl)ccc1-n1cncn1. The summed E-state index contributed by atoms with van der Waals surface area (Å²) < 4.78 is 12.4. The molecule has 3 aromatic rings. The quantitative estimate of drug-likeness (QED) is 0.391. The summed E-state index contributed by atoms with van der Waals surface area (Å²) in [4.78, 5) is 29.8. The molecule has 2 heterocycles. The highest BCUT2D eigenvalue weighted by molar-refractivity contribution is 7.99. The molecule has 166 valence electrons. The van der Waals surface area contributed by atoms with Gasteiger partial charge in [0.1, 0.15) is 12.7 Å². The molecule has 1 unspecified atom stereocenters. The van der Waals surface area contributed by atoms with Gasteiger partial charge < -0.3 is 14.8 Å². The molecule has 1 N–H and O–H groups in total. The van der Waals surface area contributed by atoms with Gasteiger partial charge in [0.2, 0.25) is 0 Å². The zero-order valence-electron chi connectivity index (χ0n) is 17.1. The van der Waals surface area contributed by atoms with E-state index in [1.165, 1.54) is 17.3 Å². The molecule has 0 bridgehead atoms. The first kappa shape index (κ1) is 22.3. The maximum Gasteiger partial charge on any atom is 0.339 e. The number of carbonyl (C=O) groups is 2. The van der Waals surface area contributed by atoms with Crippen molar-refractivity contribution in [2.24, 2.45) is 0 Å². The second-order valence-corrected chi connectivity index (χ2v) is 8.57. The van der Waals surface area contributed by atoms with Gasteiger partial charge in [0.15, 0.2) is 6.61 Å². The van der Waals surface area contributed by atoms with Gasteiger partial charge in [0, 0.05) is 22.3 Å². The smallest absolute Gasteiger partial charge is 0.339 e. The minimum absolute atomic E-state index is 0.201. The highest BCUT2D eigenvalue weighted by atomic mass is 35.5. The normalized spacial score (nSPS) is 15.5. The summed E-state index contributed by atoms with van der Waals surface area (Å²) in [7, 11) is 0. The Morgan fingerprint density at radius 1 is 1.28 bits per heavy atom. The number of nitrogens with one attached hydrogen (secondary N) is 1. The lowest BCUT2D eigenvalue weighted by Gasteiger charge is -2.13. The molecule has 0 saturated carbocycles. The molecule has 1 aromatic heterocycles. The van der Waals surface area contributed by atoms with Crippen molar-refractivity contribution in [2.45, 2.75) is 23.8 Å². The van der Waals surface area contributed by atoms with Crippen molar-refractivity contribution in [3.05, 3.63) is 65.7 Å². The molecule has 1 saturated heterocycles. The number of esters is 1. The molecule has 0 radical (unpaired) electrons. The van der Waals surface area contributed by atoms with Crippen LogP contribution in [0.2, 0.25) is 5.02 Å². The summed E-state index contributed by atoms with van der Waals surface area (Å²) in [6.45, 7) is 0.349. The number of hydrogen-bond donors (Lipinski definition) is 1. The number of anilines is 1. The van der Waals surface area contributed by atoms with Crippen LogP contribution >= 0.6 is 23.4 Å². The van der Waals surface area contributed by atoms with Crippen LogP contribution in [0.5, 0.6) is 0 Å². The van der Waals surface area contributed by atoms with E-state index in [9.17, 15) is 9.59 Å². The van der Waals surface area contributed by atoms with Gasteiger partial charge in [-0.3, -0.25) is 4.79 Å². The molecule has 4 rings (SSSR count). The van der Waals surface area contributed by atoms with Crippen molar-refractivity contribution in [1.82, 2.24) is 14.8 Å². The predicted octanol–water partition coefficient (Wildman–Crippen LogP) is 3.99. The Morgan fingerprint density at radius 2 is 2.16 bits per heavy atom. The third-order valence-corrected chi connectivity index (χ3v) is 6.23. The fraction of sp³-hybridized carbons (Fsp3) is 0.273. The number of hydrogen-bond acceptors (Lipinski definition) is 7. The molecular formula is C22H21ClN4O4S. The molecule has 32 heavy (non-hydrogen) atoms. The fourth-order valence-electron chi connectivity index (χ4n) is 3.26. The third-order valence-electron chi connectivity index (χ3n) is 4.79. The summed E-state index contributed by atoms with van der Waals surface area (Å²) in [5.41, 5.74) is 1.44. The van der Waals surface area contributed by atoms with Gasteiger partial charge in [-0.1, -0.05) is 23.7 Å². The van der Waals surface area contributed by atoms with Gasteiger partial charge >= 0.3 is 5.97 Å². The lowest BCUT2D eigenvalue weighted by Crippen LogP contribution is -2.22. The number of benzene rings is 2. The molecule has 2 aromatic carbocycles. The third kappa shape index (κ3) is 5.67. The molecule has 1 aliphatic rings. The van der Waals surface area contributed by atoms with E-state index in [2.05, 4.69) is 15.4 Å². The number of aromatic nitrogens is 3. The van der Waals surface area contributed by atoms with Crippen molar-refractivity contribution in [2.75, 3.05) is 24.3 Å². The van der Waals surface area contributed by atoms with E-state index in [1.807, 2.05) is 12.1 Å². The standard InChI is InChI=1S/C22H21ClN4O4S/c23-15-7-8-19(27-14-24-13-25-27)18(10-15)26-21(28)11-31-22(29)17-5-1-2-6-20(17)32-12-16-4-3-9-30-16/h1-2,5-8,10,13-14,16H,3-4,9,11-12H2,(H,26,28). The Balaban J connectivity index is 1.37. The number of amides is 1. The van der Waals surface area contributed by atoms with Gasteiger partial charge in [-0.05, 0) is 43.2 Å². The molecule has 1 aliphatic heterocycles. The lowest BCUT2D eigenvalue weighted by molar-refractivity contribution is -0.119. The molecule has 0 aliphatic carbocycles. The first-order valence-corrected chi connectivity index (χ1v) is 11.4. The topological polar surface area (TPSA) is 95.3 Å². The Bertz CT molecular complexity index is 1090. The Morgan fingerprint density at radius 3 is 2.94 bits per heavy atom. The highest BCUT2D eigenvalue weighted by Crippen LogP contribution is 2.27. The second-order valence-electron chi connectivity index (χ2n) is 7.07. The molecule has 10 heteroatoms. The van der Waals surface area contributed by atoms with E-state index < -0.39 is 18.5 Å². The first-order valence-electron chi connectivity index (χ1n) is 10.0. The van der Waals surface area contributed by atoms with Gasteiger partial charge in [0.05, 0.1) is 23.0 Å². The van der Waals surface area contributed by atoms with Crippen LogP contribution < -0.4 is 5.32 Å². The van der Waals surface area contributed by atoms with Crippen LogP contribution in [0.4, 0.5) is 5.69 Å². The van der Waals surface area contributed by atoms with E-state index in [1.54, 1.807) is 42.1 Å². The average molecular weight is 473 g/mol. The van der Waals surface area contributed by atoms with Gasteiger partial charge in [-0.2, -0.15) is 5.10 Å². The van der Waals surface area contributed by atoms with Crippen LogP contribution in [-0.4, -0.2) is 51.7 Å². The van der Waals surface area contributed by atoms with Crippen LogP contribution in [-0.2, 0) is 14.3 Å². The van der Waals surface area contributed by atoms with Crippen LogP contribution in [0, 0.1) is 0 Å². The maximum absolute atomic E-state index is 12.6. The summed E-state index contributed by atoms with van der Waals surface area (Å²) in [5.74, 6) is -0.283. The molecule has 8 nitrogen and oxygen atoms in total. The second kappa shape index (κ2) is 10.6. The van der Waals surface area contributed by atoms with E-state index in [0.29, 0.717) is 22.0 Å². The molecular weight excluding hydrogens is 452 g/mol. The van der Waals surface area contributed by atoms with Gasteiger partial charge in [-0.15, -0.1) is 11.8 Å². The van der Waals surface area contributed by atoms with E-state index >= 15 is 0 Å². The minimum atomic E-state index is -0.557. The summed E-state index contributed by atoms with van der Waals surface area (Å²) in [6.07, 6.45) is 5.18. The monoisotopic (exact) mass is 472 g/mol. The van der Waals surface area contributed by atoms with Crippen molar-refractivity contribution in [3.8, 4) is 5.69 Å². The first-order chi connectivity index (χ1) is 15.6. The molecule has 1 atom stereocenters. The zero-order chi connectivity index (χ0) is 22.3. The maximum atomic E-state index is 12.6. The Hall–Kier alpha value is -2.88. The van der Waals surface area contributed by atoms with Gasteiger partial charge in [-0.25, -0.2) is 14.5 Å². The molecule has 0 spiro atoms. The van der Waals surface area contributed by atoms with Crippen LogP contribution in [0.1, 0.15) is 23.2 Å². The van der Waals surface area contributed by atoms with Crippen molar-refractivity contribution in [1.29, 1.82) is 0 Å². The van der Waals surface area contributed by atoms with Crippen molar-refractivity contribution >= 4 is 40.9 Å². The lowest BCUT2D eigenvalue weighted by atomic mass is 10.2.